The SMILES string of the molecule is CC(C)(CCl)C(=O)NCCN1CCCCCC1. The lowest BCUT2D eigenvalue weighted by Gasteiger charge is -2.23. The third kappa shape index (κ3) is 5.26. The van der Waals surface area contributed by atoms with E-state index < -0.39 is 5.41 Å². The molecule has 1 N–H and O–H groups in total. The molecule has 0 saturated carbocycles. The van der Waals surface area contributed by atoms with Crippen LogP contribution in [0.3, 0.4) is 0 Å². The maximum Gasteiger partial charge on any atom is 0.226 e. The Balaban J connectivity index is 2.20. The molecule has 0 aromatic rings. The zero-order chi connectivity index (χ0) is 12.7. The second kappa shape index (κ2) is 7.22. The number of hydrogen-bond donors (Lipinski definition) is 1. The number of alkyl halides is 1. The largest absolute Gasteiger partial charge is 0.354 e. The molecule has 17 heavy (non-hydrogen) atoms. The van der Waals surface area contributed by atoms with Gasteiger partial charge in [0.1, 0.15) is 0 Å². The first-order chi connectivity index (χ1) is 8.06. The number of amides is 1. The maximum atomic E-state index is 11.8. The van der Waals surface area contributed by atoms with Crippen LogP contribution in [0.1, 0.15) is 39.5 Å². The quantitative estimate of drug-likeness (QED) is 0.769. The van der Waals surface area contributed by atoms with Crippen LogP contribution in [0.2, 0.25) is 0 Å². The molecule has 0 unspecified atom stereocenters. The fourth-order valence-electron chi connectivity index (χ4n) is 1.99. The molecule has 0 aliphatic carbocycles. The van der Waals surface area contributed by atoms with Crippen LogP contribution in [-0.4, -0.2) is 42.9 Å². The molecule has 1 saturated heterocycles. The van der Waals surface area contributed by atoms with E-state index >= 15 is 0 Å². The Hall–Kier alpha value is -0.280. The number of hydrogen-bond acceptors (Lipinski definition) is 2. The zero-order valence-corrected chi connectivity index (χ0v) is 11.9. The molecule has 4 heteroatoms. The van der Waals surface area contributed by atoms with Crippen molar-refractivity contribution in [2.24, 2.45) is 5.41 Å². The molecule has 1 rings (SSSR count). The van der Waals surface area contributed by atoms with Crippen LogP contribution in [0, 0.1) is 5.41 Å². The summed E-state index contributed by atoms with van der Waals surface area (Å²) < 4.78 is 0. The van der Waals surface area contributed by atoms with Gasteiger partial charge in [0.05, 0.1) is 5.41 Å². The van der Waals surface area contributed by atoms with Crippen LogP contribution in [0.4, 0.5) is 0 Å². The number of nitrogens with zero attached hydrogens (tertiary/aromatic N) is 1. The maximum absolute atomic E-state index is 11.8. The van der Waals surface area contributed by atoms with Crippen molar-refractivity contribution >= 4 is 17.5 Å². The lowest BCUT2D eigenvalue weighted by molar-refractivity contribution is -0.128. The van der Waals surface area contributed by atoms with Gasteiger partial charge < -0.3 is 10.2 Å². The predicted molar refractivity (Wildman–Crippen MR) is 72.4 cm³/mol. The van der Waals surface area contributed by atoms with Gasteiger partial charge >= 0.3 is 0 Å². The molecule has 1 fully saturated rings. The van der Waals surface area contributed by atoms with Crippen LogP contribution in [-0.2, 0) is 4.79 Å². The summed E-state index contributed by atoms with van der Waals surface area (Å²) in [4.78, 5) is 14.2. The van der Waals surface area contributed by atoms with E-state index in [1.54, 1.807) is 0 Å². The van der Waals surface area contributed by atoms with Gasteiger partial charge in [-0.25, -0.2) is 0 Å². The summed E-state index contributed by atoms with van der Waals surface area (Å²) in [7, 11) is 0. The number of likely N-dealkylation sites (tertiary alicyclic amines) is 1. The van der Waals surface area contributed by atoms with Crippen molar-refractivity contribution in [3.05, 3.63) is 0 Å². The number of nitrogens with one attached hydrogen (secondary N) is 1. The highest BCUT2D eigenvalue weighted by molar-refractivity contribution is 6.19. The Kier molecular flexibility index (Phi) is 6.28. The second-order valence-corrected chi connectivity index (χ2v) is 5.80. The van der Waals surface area contributed by atoms with E-state index in [0.717, 1.165) is 13.1 Å². The number of halogens is 1. The molecule has 1 amide bonds. The van der Waals surface area contributed by atoms with E-state index in [-0.39, 0.29) is 5.91 Å². The number of rotatable bonds is 5. The van der Waals surface area contributed by atoms with Crippen LogP contribution < -0.4 is 5.32 Å². The number of carbonyl (C=O) groups is 1. The van der Waals surface area contributed by atoms with Gasteiger partial charge in [-0.15, -0.1) is 11.6 Å². The van der Waals surface area contributed by atoms with Gasteiger partial charge in [0.2, 0.25) is 5.91 Å². The lowest BCUT2D eigenvalue weighted by Crippen LogP contribution is -2.42. The molecule has 3 nitrogen and oxygen atoms in total. The summed E-state index contributed by atoms with van der Waals surface area (Å²) in [5.74, 6) is 0.421. The fraction of sp³-hybridized carbons (Fsp3) is 0.923. The first-order valence-corrected chi connectivity index (χ1v) is 7.16. The van der Waals surface area contributed by atoms with Gasteiger partial charge in [0.25, 0.3) is 0 Å². The Morgan fingerprint density at radius 1 is 1.24 bits per heavy atom. The second-order valence-electron chi connectivity index (χ2n) is 5.53. The van der Waals surface area contributed by atoms with Crippen molar-refractivity contribution < 1.29 is 4.79 Å². The minimum atomic E-state index is -0.458. The van der Waals surface area contributed by atoms with E-state index in [9.17, 15) is 4.79 Å². The summed E-state index contributed by atoms with van der Waals surface area (Å²) in [5.41, 5.74) is -0.458. The highest BCUT2D eigenvalue weighted by Gasteiger charge is 2.25. The molecule has 0 atom stereocenters. The fourth-order valence-corrected chi connectivity index (χ4v) is 2.11. The average Bonchev–Trinajstić information content (AvgIpc) is 2.57. The molecular formula is C13H25ClN2O. The summed E-state index contributed by atoms with van der Waals surface area (Å²) in [6.45, 7) is 7.80. The highest BCUT2D eigenvalue weighted by Crippen LogP contribution is 2.16. The van der Waals surface area contributed by atoms with E-state index in [1.165, 1.54) is 38.8 Å². The van der Waals surface area contributed by atoms with Crippen molar-refractivity contribution in [2.45, 2.75) is 39.5 Å². The Morgan fingerprint density at radius 3 is 2.35 bits per heavy atom. The molecule has 0 bridgehead atoms. The summed E-state index contributed by atoms with van der Waals surface area (Å²) in [5, 5.41) is 2.98. The van der Waals surface area contributed by atoms with Crippen LogP contribution in [0.5, 0.6) is 0 Å². The van der Waals surface area contributed by atoms with Gasteiger partial charge in [-0.3, -0.25) is 4.79 Å². The average molecular weight is 261 g/mol. The first kappa shape index (κ1) is 14.8. The molecule has 1 aliphatic heterocycles. The lowest BCUT2D eigenvalue weighted by atomic mass is 9.95. The Bertz CT molecular complexity index is 236. The smallest absolute Gasteiger partial charge is 0.226 e. The van der Waals surface area contributed by atoms with Crippen molar-refractivity contribution in [3.8, 4) is 0 Å². The van der Waals surface area contributed by atoms with Crippen LogP contribution in [0.15, 0.2) is 0 Å². The highest BCUT2D eigenvalue weighted by atomic mass is 35.5. The topological polar surface area (TPSA) is 32.3 Å². The van der Waals surface area contributed by atoms with Gasteiger partial charge in [0.15, 0.2) is 0 Å². The number of carbonyl (C=O) groups excluding carboxylic acids is 1. The van der Waals surface area contributed by atoms with E-state index in [2.05, 4.69) is 10.2 Å². The van der Waals surface area contributed by atoms with Crippen molar-refractivity contribution in [1.29, 1.82) is 0 Å². The summed E-state index contributed by atoms with van der Waals surface area (Å²) >= 11 is 5.77. The first-order valence-electron chi connectivity index (χ1n) is 6.63. The zero-order valence-electron chi connectivity index (χ0n) is 11.1. The van der Waals surface area contributed by atoms with Gasteiger partial charge in [-0.05, 0) is 39.8 Å². The minimum absolute atomic E-state index is 0.0577. The van der Waals surface area contributed by atoms with Gasteiger partial charge in [-0.1, -0.05) is 12.8 Å². The van der Waals surface area contributed by atoms with Crippen molar-refractivity contribution in [2.75, 3.05) is 32.1 Å². The normalized spacial score (nSPS) is 18.8. The van der Waals surface area contributed by atoms with Crippen molar-refractivity contribution in [1.82, 2.24) is 10.2 Å². The van der Waals surface area contributed by atoms with Gasteiger partial charge in [-0.2, -0.15) is 0 Å². The minimum Gasteiger partial charge on any atom is -0.354 e. The van der Waals surface area contributed by atoms with Crippen LogP contribution in [0.25, 0.3) is 0 Å². The Morgan fingerprint density at radius 2 is 1.82 bits per heavy atom. The van der Waals surface area contributed by atoms with Crippen molar-refractivity contribution in [3.63, 3.8) is 0 Å². The van der Waals surface area contributed by atoms with E-state index in [4.69, 9.17) is 11.6 Å². The molecule has 0 spiro atoms. The third-order valence-corrected chi connectivity index (χ3v) is 4.03. The monoisotopic (exact) mass is 260 g/mol. The predicted octanol–water partition coefficient (Wildman–Crippen LogP) is 2.24. The molecule has 1 heterocycles. The summed E-state index contributed by atoms with van der Waals surface area (Å²) in [6.07, 6.45) is 5.28. The Labute approximate surface area is 110 Å². The summed E-state index contributed by atoms with van der Waals surface area (Å²) in [6, 6.07) is 0. The van der Waals surface area contributed by atoms with Gasteiger partial charge in [0, 0.05) is 19.0 Å². The molecule has 100 valence electrons. The molecule has 1 aliphatic rings. The molecule has 0 radical (unpaired) electrons. The molecule has 0 aromatic carbocycles. The van der Waals surface area contributed by atoms with Crippen LogP contribution >= 0.6 is 11.6 Å². The molecule has 0 aromatic heterocycles. The third-order valence-electron chi connectivity index (χ3n) is 3.36. The van der Waals surface area contributed by atoms with E-state index in [0.29, 0.717) is 5.88 Å². The standard InChI is InChI=1S/C13H25ClN2O/c1-13(2,11-14)12(17)15-7-10-16-8-5-3-4-6-9-16/h3-11H2,1-2H3,(H,15,17). The van der Waals surface area contributed by atoms with E-state index in [1.807, 2.05) is 13.8 Å². The molecular weight excluding hydrogens is 236 g/mol.